The first-order valence-corrected chi connectivity index (χ1v) is 4.85. The molecule has 1 aromatic carbocycles. The molecule has 0 radical (unpaired) electrons. The van der Waals surface area contributed by atoms with Crippen LogP contribution in [0.4, 0.5) is 0 Å². The number of aryl methyl sites for hydroxylation is 2. The Morgan fingerprint density at radius 2 is 1.67 bits per heavy atom. The summed E-state index contributed by atoms with van der Waals surface area (Å²) in [6.07, 6.45) is 6.91. The molecule has 0 amide bonds. The number of aromatic nitrogens is 2. The van der Waals surface area contributed by atoms with Crippen molar-refractivity contribution in [1.82, 2.24) is 9.55 Å². The number of imidazole rings is 1. The van der Waals surface area contributed by atoms with E-state index < -0.39 is 0 Å². The maximum atomic E-state index is 3.78. The third-order valence-electron chi connectivity index (χ3n) is 1.95. The van der Waals surface area contributed by atoms with Crippen LogP contribution in [-0.4, -0.2) is 9.55 Å². The number of benzene rings is 1. The quantitative estimate of drug-likeness (QED) is 0.690. The molecule has 0 spiro atoms. The molecule has 0 fully saturated rings. The molecular weight excluding hydrogens is 184 g/mol. The Labute approximate surface area is 90.9 Å². The van der Waals surface area contributed by atoms with Gasteiger partial charge in [-0.15, -0.1) is 0 Å². The molecule has 2 rings (SSSR count). The highest BCUT2D eigenvalue weighted by Gasteiger charge is 1.79. The van der Waals surface area contributed by atoms with Gasteiger partial charge in [-0.1, -0.05) is 42.0 Å². The Balaban J connectivity index is 0.000000151. The normalized spacial score (nSPS) is 8.93. The summed E-state index contributed by atoms with van der Waals surface area (Å²) >= 11 is 0. The van der Waals surface area contributed by atoms with Crippen molar-refractivity contribution in [3.63, 3.8) is 0 Å². The summed E-state index contributed by atoms with van der Waals surface area (Å²) in [5, 5.41) is 0. The van der Waals surface area contributed by atoms with Gasteiger partial charge in [-0.2, -0.15) is 0 Å². The number of hydrogen-bond acceptors (Lipinski definition) is 1. The van der Waals surface area contributed by atoms with E-state index >= 15 is 0 Å². The molecule has 78 valence electrons. The molecule has 2 heteroatoms. The lowest BCUT2D eigenvalue weighted by atomic mass is 10.2. The topological polar surface area (TPSA) is 17.8 Å². The Bertz CT molecular complexity index is 364. The fourth-order valence-corrected chi connectivity index (χ4v) is 1.01. The summed E-state index contributed by atoms with van der Waals surface area (Å²) in [7, 11) is 0. The van der Waals surface area contributed by atoms with Crippen molar-refractivity contribution in [2.24, 2.45) is 0 Å². The van der Waals surface area contributed by atoms with Crippen molar-refractivity contribution in [1.29, 1.82) is 0 Å². The molecule has 1 aromatic heterocycles. The van der Waals surface area contributed by atoms with Crippen LogP contribution in [0.1, 0.15) is 11.1 Å². The lowest BCUT2D eigenvalue weighted by molar-refractivity contribution is 1.14. The molecule has 2 nitrogen and oxygen atoms in total. The lowest BCUT2D eigenvalue weighted by Crippen LogP contribution is -1.73. The third-order valence-corrected chi connectivity index (χ3v) is 1.95. The molecule has 0 aliphatic rings. The summed E-state index contributed by atoms with van der Waals surface area (Å²) in [5.41, 5.74) is 2.66. The maximum Gasteiger partial charge on any atom is 0.0986 e. The minimum atomic E-state index is 1.33. The van der Waals surface area contributed by atoms with Gasteiger partial charge in [-0.25, -0.2) is 4.98 Å². The lowest BCUT2D eigenvalue weighted by Gasteiger charge is -1.90. The van der Waals surface area contributed by atoms with E-state index in [0.717, 1.165) is 0 Å². The van der Waals surface area contributed by atoms with Crippen LogP contribution in [-0.2, 0) is 0 Å². The van der Waals surface area contributed by atoms with Crippen molar-refractivity contribution in [2.75, 3.05) is 0 Å². The molecule has 0 saturated heterocycles. The molecule has 2 aromatic rings. The van der Waals surface area contributed by atoms with Crippen molar-refractivity contribution < 1.29 is 0 Å². The second kappa shape index (κ2) is 5.81. The van der Waals surface area contributed by atoms with Crippen LogP contribution in [0.25, 0.3) is 6.20 Å². The van der Waals surface area contributed by atoms with Crippen molar-refractivity contribution in [3.8, 4) is 0 Å². The molecule has 0 unspecified atom stereocenters. The van der Waals surface area contributed by atoms with Crippen molar-refractivity contribution in [2.45, 2.75) is 13.8 Å². The number of rotatable bonds is 1. The highest BCUT2D eigenvalue weighted by Crippen LogP contribution is 1.99. The molecule has 0 aliphatic heterocycles. The molecular formula is C13H16N2. The monoisotopic (exact) mass is 200 g/mol. The fraction of sp³-hybridized carbons (Fsp3) is 0.154. The summed E-state index contributed by atoms with van der Waals surface area (Å²) in [6, 6.07) is 8.48. The van der Waals surface area contributed by atoms with E-state index in [1.807, 2.05) is 6.20 Å². The third kappa shape index (κ3) is 4.27. The zero-order chi connectivity index (χ0) is 11.1. The summed E-state index contributed by atoms with van der Waals surface area (Å²) in [6.45, 7) is 7.72. The van der Waals surface area contributed by atoms with Crippen LogP contribution in [0.15, 0.2) is 49.6 Å². The van der Waals surface area contributed by atoms with E-state index in [1.54, 1.807) is 23.3 Å². The molecule has 0 saturated carbocycles. The minimum Gasteiger partial charge on any atom is -0.314 e. The number of hydrogen-bond donors (Lipinski definition) is 0. The fourth-order valence-electron chi connectivity index (χ4n) is 1.01. The van der Waals surface area contributed by atoms with Crippen LogP contribution in [0.2, 0.25) is 0 Å². The first-order valence-electron chi connectivity index (χ1n) is 4.85. The maximum absolute atomic E-state index is 3.78. The smallest absolute Gasteiger partial charge is 0.0986 e. The molecule has 15 heavy (non-hydrogen) atoms. The molecule has 0 N–H and O–H groups in total. The molecule has 0 atom stereocenters. The predicted octanol–water partition coefficient (Wildman–Crippen LogP) is 3.29. The Kier molecular flexibility index (Phi) is 4.35. The van der Waals surface area contributed by atoms with Crippen molar-refractivity contribution in [3.05, 3.63) is 60.7 Å². The Hall–Kier alpha value is -1.83. The van der Waals surface area contributed by atoms with Crippen molar-refractivity contribution >= 4 is 6.20 Å². The number of nitrogens with zero attached hydrogens (tertiary/aromatic N) is 2. The van der Waals surface area contributed by atoms with E-state index in [4.69, 9.17) is 0 Å². The van der Waals surface area contributed by atoms with Gasteiger partial charge < -0.3 is 4.57 Å². The SMILES string of the molecule is C=Cn1ccnc1.Cc1ccc(C)cc1. The Morgan fingerprint density at radius 1 is 1.13 bits per heavy atom. The standard InChI is InChI=1S/C8H10.C5H6N2/c1-7-3-5-8(2)6-4-7;1-2-7-4-3-6-5-7/h3-6H,1-2H3;2-5H,1H2. The van der Waals surface area contributed by atoms with E-state index in [0.29, 0.717) is 0 Å². The van der Waals surface area contributed by atoms with E-state index in [2.05, 4.69) is 49.7 Å². The van der Waals surface area contributed by atoms with E-state index in [-0.39, 0.29) is 0 Å². The van der Waals surface area contributed by atoms with Crippen LogP contribution in [0.5, 0.6) is 0 Å². The van der Waals surface area contributed by atoms with Gasteiger partial charge in [0.05, 0.1) is 6.33 Å². The molecule has 1 heterocycles. The Morgan fingerprint density at radius 3 is 1.93 bits per heavy atom. The largest absolute Gasteiger partial charge is 0.314 e. The van der Waals surface area contributed by atoms with E-state index in [1.165, 1.54) is 11.1 Å². The second-order valence-electron chi connectivity index (χ2n) is 3.35. The summed E-state index contributed by atoms with van der Waals surface area (Å²) in [4.78, 5) is 3.78. The average molecular weight is 200 g/mol. The van der Waals surface area contributed by atoms with Gasteiger partial charge in [-0.3, -0.25) is 0 Å². The first-order chi connectivity index (χ1) is 7.22. The van der Waals surface area contributed by atoms with Gasteiger partial charge in [0.15, 0.2) is 0 Å². The zero-order valence-corrected chi connectivity index (χ0v) is 9.22. The highest BCUT2D eigenvalue weighted by atomic mass is 15.0. The van der Waals surface area contributed by atoms with Gasteiger partial charge in [0.25, 0.3) is 0 Å². The average Bonchev–Trinajstić information content (AvgIpc) is 2.76. The van der Waals surface area contributed by atoms with Gasteiger partial charge in [0.2, 0.25) is 0 Å². The van der Waals surface area contributed by atoms with Gasteiger partial charge in [0.1, 0.15) is 0 Å². The van der Waals surface area contributed by atoms with Gasteiger partial charge in [0, 0.05) is 18.6 Å². The van der Waals surface area contributed by atoms with Gasteiger partial charge in [-0.05, 0) is 13.8 Å². The van der Waals surface area contributed by atoms with E-state index in [9.17, 15) is 0 Å². The summed E-state index contributed by atoms with van der Waals surface area (Å²) < 4.78 is 1.78. The van der Waals surface area contributed by atoms with Crippen LogP contribution in [0, 0.1) is 13.8 Å². The molecule has 0 bridgehead atoms. The molecule has 0 aliphatic carbocycles. The highest BCUT2D eigenvalue weighted by molar-refractivity contribution is 5.19. The first kappa shape index (κ1) is 11.2. The van der Waals surface area contributed by atoms with Gasteiger partial charge >= 0.3 is 0 Å². The van der Waals surface area contributed by atoms with Crippen LogP contribution in [0.3, 0.4) is 0 Å². The minimum absolute atomic E-state index is 1.33. The second-order valence-corrected chi connectivity index (χ2v) is 3.35. The zero-order valence-electron chi connectivity index (χ0n) is 9.22. The summed E-state index contributed by atoms with van der Waals surface area (Å²) in [5.74, 6) is 0. The van der Waals surface area contributed by atoms with Crippen LogP contribution < -0.4 is 0 Å². The van der Waals surface area contributed by atoms with Crippen LogP contribution >= 0.6 is 0 Å². The predicted molar refractivity (Wildman–Crippen MR) is 64.5 cm³/mol.